The van der Waals surface area contributed by atoms with Crippen LogP contribution in [0.15, 0.2) is 152 Å². The van der Waals surface area contributed by atoms with Crippen LogP contribution in [0.25, 0.3) is 77.5 Å². The second-order valence-electron chi connectivity index (χ2n) is 11.9. The summed E-state index contributed by atoms with van der Waals surface area (Å²) in [5.74, 6) is 1.56. The third-order valence-corrected chi connectivity index (χ3v) is 9.19. The largest absolute Gasteiger partial charge is 0.294 e. The van der Waals surface area contributed by atoms with Crippen molar-refractivity contribution in [3.05, 3.63) is 163 Å². The van der Waals surface area contributed by atoms with Crippen LogP contribution in [0.2, 0.25) is 0 Å². The van der Waals surface area contributed by atoms with Crippen LogP contribution < -0.4 is 0 Å². The molecule has 0 unspecified atom stereocenters. The van der Waals surface area contributed by atoms with Crippen LogP contribution in [-0.2, 0) is 0 Å². The first-order valence-corrected chi connectivity index (χ1v) is 15.8. The Bertz CT molecular complexity index is 2770. The van der Waals surface area contributed by atoms with E-state index in [1.54, 1.807) is 0 Å². The maximum atomic E-state index is 9.85. The van der Waals surface area contributed by atoms with Crippen LogP contribution in [0.5, 0.6) is 0 Å². The first-order chi connectivity index (χ1) is 23.7. The summed E-state index contributed by atoms with van der Waals surface area (Å²) in [6.07, 6.45) is 0. The van der Waals surface area contributed by atoms with E-state index in [9.17, 15) is 10.5 Å². The topological polar surface area (TPSA) is 70.3 Å². The van der Waals surface area contributed by atoms with E-state index in [0.29, 0.717) is 11.1 Å². The van der Waals surface area contributed by atoms with Crippen LogP contribution >= 0.6 is 0 Å². The highest BCUT2D eigenvalue weighted by Crippen LogP contribution is 2.37. The fourth-order valence-corrected chi connectivity index (χ4v) is 7.05. The van der Waals surface area contributed by atoms with E-state index in [1.165, 1.54) is 0 Å². The number of para-hydroxylation sites is 3. The van der Waals surface area contributed by atoms with Crippen molar-refractivity contribution < 1.29 is 0 Å². The van der Waals surface area contributed by atoms with E-state index >= 15 is 0 Å². The molecular formula is C43H25N5. The smallest absolute Gasteiger partial charge is 0.140 e. The quantitative estimate of drug-likeness (QED) is 0.199. The van der Waals surface area contributed by atoms with Gasteiger partial charge in [0.15, 0.2) is 0 Å². The number of nitrogens with zero attached hydrogens (tertiary/aromatic N) is 5. The van der Waals surface area contributed by atoms with Crippen molar-refractivity contribution in [3.8, 4) is 46.0 Å². The lowest BCUT2D eigenvalue weighted by Gasteiger charge is -2.15. The van der Waals surface area contributed by atoms with Crippen molar-refractivity contribution in [3.63, 3.8) is 0 Å². The van der Waals surface area contributed by atoms with Crippen molar-refractivity contribution in [2.75, 3.05) is 0 Å². The number of hydrogen-bond acceptors (Lipinski definition) is 3. The van der Waals surface area contributed by atoms with Gasteiger partial charge in [-0.2, -0.15) is 10.5 Å². The predicted octanol–water partition coefficient (Wildman–Crippen LogP) is 10.4. The minimum atomic E-state index is 0.618. The van der Waals surface area contributed by atoms with Crippen molar-refractivity contribution in [1.82, 2.24) is 14.1 Å². The lowest BCUT2D eigenvalue weighted by molar-refractivity contribution is 1.01. The third kappa shape index (κ3) is 4.20. The molecule has 0 N–H and O–H groups in total. The molecule has 0 saturated heterocycles. The van der Waals surface area contributed by atoms with E-state index < -0.39 is 0 Å². The average molecular weight is 612 g/mol. The lowest BCUT2D eigenvalue weighted by atomic mass is 9.96. The van der Waals surface area contributed by atoms with Gasteiger partial charge in [0, 0.05) is 21.5 Å². The monoisotopic (exact) mass is 611 g/mol. The zero-order chi connectivity index (χ0) is 32.2. The minimum Gasteiger partial charge on any atom is -0.294 e. The first kappa shape index (κ1) is 27.4. The zero-order valence-corrected chi connectivity index (χ0v) is 25.7. The SMILES string of the molecule is N#Cc1ccc2c(c1)c1ccccc1n2-c1cc(-c2cccc(-c3ccccc3C#N)c2)cc(-n2c3ccccc3c3ccccc32)n1. The molecule has 5 heteroatoms. The van der Waals surface area contributed by atoms with Gasteiger partial charge in [0.25, 0.3) is 0 Å². The molecule has 222 valence electrons. The van der Waals surface area contributed by atoms with Crippen LogP contribution in [-0.4, -0.2) is 14.1 Å². The molecule has 0 aliphatic heterocycles. The molecule has 0 bridgehead atoms. The van der Waals surface area contributed by atoms with Crippen molar-refractivity contribution in [2.24, 2.45) is 0 Å². The highest BCUT2D eigenvalue weighted by atomic mass is 15.1. The van der Waals surface area contributed by atoms with E-state index in [4.69, 9.17) is 4.98 Å². The molecule has 0 radical (unpaired) electrons. The number of hydrogen-bond donors (Lipinski definition) is 0. The number of fused-ring (bicyclic) bond motifs is 6. The maximum Gasteiger partial charge on any atom is 0.140 e. The lowest BCUT2D eigenvalue weighted by Crippen LogP contribution is -2.04. The van der Waals surface area contributed by atoms with Gasteiger partial charge in [-0.05, 0) is 82.9 Å². The van der Waals surface area contributed by atoms with Crippen molar-refractivity contribution in [2.45, 2.75) is 0 Å². The maximum absolute atomic E-state index is 9.85. The van der Waals surface area contributed by atoms with Gasteiger partial charge in [-0.1, -0.05) is 91.0 Å². The van der Waals surface area contributed by atoms with E-state index in [0.717, 1.165) is 77.5 Å². The molecule has 0 spiro atoms. The molecule has 48 heavy (non-hydrogen) atoms. The Hall–Kier alpha value is -6.95. The number of benzene rings is 6. The predicted molar refractivity (Wildman–Crippen MR) is 193 cm³/mol. The zero-order valence-electron chi connectivity index (χ0n) is 25.7. The summed E-state index contributed by atoms with van der Waals surface area (Å²) in [6, 6.07) is 56.0. The van der Waals surface area contributed by atoms with Crippen LogP contribution in [0.1, 0.15) is 11.1 Å². The molecule has 9 aromatic rings. The summed E-state index contributed by atoms with van der Waals surface area (Å²) in [5.41, 5.74) is 9.27. The van der Waals surface area contributed by atoms with Gasteiger partial charge >= 0.3 is 0 Å². The average Bonchev–Trinajstić information content (AvgIpc) is 3.67. The molecule has 0 amide bonds. The summed E-state index contributed by atoms with van der Waals surface area (Å²) in [6.45, 7) is 0. The highest BCUT2D eigenvalue weighted by Gasteiger charge is 2.19. The normalized spacial score (nSPS) is 11.3. The van der Waals surface area contributed by atoms with Crippen LogP contribution in [0.3, 0.4) is 0 Å². The van der Waals surface area contributed by atoms with Gasteiger partial charge < -0.3 is 0 Å². The van der Waals surface area contributed by atoms with Crippen molar-refractivity contribution in [1.29, 1.82) is 10.5 Å². The van der Waals surface area contributed by atoms with E-state index in [2.05, 4.69) is 112 Å². The van der Waals surface area contributed by atoms with Crippen molar-refractivity contribution >= 4 is 43.6 Å². The number of pyridine rings is 1. The van der Waals surface area contributed by atoms with E-state index in [1.807, 2.05) is 60.7 Å². The Morgan fingerprint density at radius 1 is 0.417 bits per heavy atom. The van der Waals surface area contributed by atoms with Gasteiger partial charge in [-0.15, -0.1) is 0 Å². The molecule has 3 heterocycles. The Labute approximate surface area is 276 Å². The third-order valence-electron chi connectivity index (χ3n) is 9.19. The second kappa shape index (κ2) is 10.8. The number of aromatic nitrogens is 3. The van der Waals surface area contributed by atoms with Gasteiger partial charge in [0.1, 0.15) is 11.6 Å². The summed E-state index contributed by atoms with van der Waals surface area (Å²) < 4.78 is 4.44. The highest BCUT2D eigenvalue weighted by molar-refractivity contribution is 6.10. The number of nitriles is 2. The molecule has 0 aliphatic rings. The molecular weight excluding hydrogens is 587 g/mol. The van der Waals surface area contributed by atoms with E-state index in [-0.39, 0.29) is 0 Å². The minimum absolute atomic E-state index is 0.618. The Morgan fingerprint density at radius 2 is 0.958 bits per heavy atom. The van der Waals surface area contributed by atoms with Crippen LogP contribution in [0.4, 0.5) is 0 Å². The Morgan fingerprint density at radius 3 is 1.58 bits per heavy atom. The molecule has 5 nitrogen and oxygen atoms in total. The standard InChI is InChI=1S/C43H25N5/c44-26-28-20-21-41-37(22-28)36-16-5-8-19-40(36)48(41)43-25-32(29-11-9-12-30(23-29)33-13-2-1-10-31(33)27-45)24-42(46-43)47-38-17-6-3-14-34(38)35-15-4-7-18-39(35)47/h1-25H. The summed E-state index contributed by atoms with van der Waals surface area (Å²) in [4.78, 5) is 5.41. The molecule has 9 rings (SSSR count). The van der Waals surface area contributed by atoms with Gasteiger partial charge in [-0.25, -0.2) is 4.98 Å². The fourth-order valence-electron chi connectivity index (χ4n) is 7.05. The fraction of sp³-hybridized carbons (Fsp3) is 0. The Kier molecular flexibility index (Phi) is 6.18. The molecule has 6 aromatic carbocycles. The first-order valence-electron chi connectivity index (χ1n) is 15.8. The summed E-state index contributed by atoms with van der Waals surface area (Å²) >= 11 is 0. The molecule has 0 saturated carbocycles. The molecule has 3 aromatic heterocycles. The Balaban J connectivity index is 1.37. The molecule has 0 fully saturated rings. The summed E-state index contributed by atoms with van der Waals surface area (Å²) in [7, 11) is 0. The summed E-state index contributed by atoms with van der Waals surface area (Å²) in [5, 5.41) is 24.0. The second-order valence-corrected chi connectivity index (χ2v) is 11.9. The molecule has 0 atom stereocenters. The van der Waals surface area contributed by atoms with Crippen LogP contribution in [0, 0.1) is 22.7 Å². The van der Waals surface area contributed by atoms with Gasteiger partial charge in [0.05, 0.1) is 45.3 Å². The van der Waals surface area contributed by atoms with Gasteiger partial charge in [0.2, 0.25) is 0 Å². The number of rotatable bonds is 4. The van der Waals surface area contributed by atoms with Gasteiger partial charge in [-0.3, -0.25) is 9.13 Å². The molecule has 0 aliphatic carbocycles.